The fourth-order valence-corrected chi connectivity index (χ4v) is 5.74. The average Bonchev–Trinajstić information content (AvgIpc) is 3.00. The predicted octanol–water partition coefficient (Wildman–Crippen LogP) is 3.89. The molecule has 1 amide bonds. The molecule has 5 nitrogen and oxygen atoms in total. The van der Waals surface area contributed by atoms with E-state index in [4.69, 9.17) is 11.6 Å². The van der Waals surface area contributed by atoms with Crippen molar-refractivity contribution in [1.82, 2.24) is 4.72 Å². The zero-order valence-electron chi connectivity index (χ0n) is 14.0. The molecule has 0 aliphatic carbocycles. The van der Waals surface area contributed by atoms with Crippen molar-refractivity contribution in [2.24, 2.45) is 0 Å². The zero-order chi connectivity index (χ0) is 18.7. The van der Waals surface area contributed by atoms with E-state index in [1.165, 1.54) is 4.90 Å². The number of para-hydroxylation sites is 1. The molecule has 8 heteroatoms. The molecule has 26 heavy (non-hydrogen) atoms. The van der Waals surface area contributed by atoms with Crippen molar-refractivity contribution in [3.8, 4) is 0 Å². The van der Waals surface area contributed by atoms with Crippen LogP contribution in [0.5, 0.6) is 0 Å². The van der Waals surface area contributed by atoms with Crippen LogP contribution >= 0.6 is 22.9 Å². The molecule has 0 spiro atoms. The van der Waals surface area contributed by atoms with Gasteiger partial charge in [0.25, 0.3) is 10.0 Å². The summed E-state index contributed by atoms with van der Waals surface area (Å²) in [5, 5.41) is 0.867. The number of carbonyl (C=O) groups is 1. The van der Waals surface area contributed by atoms with E-state index in [2.05, 4.69) is 4.72 Å². The Hall–Kier alpha value is -1.93. The van der Waals surface area contributed by atoms with Gasteiger partial charge < -0.3 is 4.90 Å². The van der Waals surface area contributed by atoms with E-state index in [-0.39, 0.29) is 21.7 Å². The second-order valence-corrected chi connectivity index (χ2v) is 8.89. The molecule has 1 heterocycles. The molecular formula is C18H17ClN2O3S2. The Morgan fingerprint density at radius 3 is 2.42 bits per heavy atom. The fourth-order valence-electron chi connectivity index (χ4n) is 2.59. The lowest BCUT2D eigenvalue weighted by Crippen LogP contribution is -2.40. The first kappa shape index (κ1) is 18.8. The van der Waals surface area contributed by atoms with Crippen LogP contribution in [0.1, 0.15) is 6.92 Å². The molecule has 0 radical (unpaired) electrons. The fraction of sp³-hybridized carbons (Fsp3) is 0.167. The third-order valence-corrected chi connectivity index (χ3v) is 7.56. The molecule has 0 fully saturated rings. The Bertz CT molecular complexity index is 1030. The van der Waals surface area contributed by atoms with Crippen molar-refractivity contribution in [2.75, 3.05) is 18.0 Å². The molecule has 136 valence electrons. The Balaban J connectivity index is 1.79. The lowest BCUT2D eigenvalue weighted by molar-refractivity contribution is -0.117. The predicted molar refractivity (Wildman–Crippen MR) is 106 cm³/mol. The van der Waals surface area contributed by atoms with Gasteiger partial charge in [0.15, 0.2) is 4.21 Å². The number of benzene rings is 2. The van der Waals surface area contributed by atoms with Crippen molar-refractivity contribution in [2.45, 2.75) is 11.1 Å². The minimum Gasteiger partial charge on any atom is -0.312 e. The van der Waals surface area contributed by atoms with E-state index in [1.54, 1.807) is 24.3 Å². The highest BCUT2D eigenvalue weighted by molar-refractivity contribution is 7.92. The third-order valence-electron chi connectivity index (χ3n) is 3.85. The van der Waals surface area contributed by atoms with Crippen molar-refractivity contribution >= 4 is 54.6 Å². The summed E-state index contributed by atoms with van der Waals surface area (Å²) >= 11 is 7.32. The highest BCUT2D eigenvalue weighted by Gasteiger charge is 2.24. The number of thiophene rings is 1. The number of hydrogen-bond acceptors (Lipinski definition) is 4. The first-order chi connectivity index (χ1) is 12.4. The van der Waals surface area contributed by atoms with E-state index in [1.807, 2.05) is 37.3 Å². The van der Waals surface area contributed by atoms with Crippen LogP contribution in [0.15, 0.2) is 58.8 Å². The van der Waals surface area contributed by atoms with Gasteiger partial charge >= 0.3 is 0 Å². The van der Waals surface area contributed by atoms with Crippen molar-refractivity contribution in [1.29, 1.82) is 0 Å². The average molecular weight is 409 g/mol. The van der Waals surface area contributed by atoms with E-state index in [0.717, 1.165) is 21.7 Å². The second kappa shape index (κ2) is 7.75. The lowest BCUT2D eigenvalue weighted by atomic mass is 10.3. The maximum Gasteiger partial charge on any atom is 0.252 e. The van der Waals surface area contributed by atoms with E-state index < -0.39 is 10.0 Å². The summed E-state index contributed by atoms with van der Waals surface area (Å²) in [6.45, 7) is 1.94. The third kappa shape index (κ3) is 3.76. The highest BCUT2D eigenvalue weighted by Crippen LogP contribution is 2.37. The molecule has 0 atom stereocenters. The molecule has 3 rings (SSSR count). The number of hydrogen-bond donors (Lipinski definition) is 1. The van der Waals surface area contributed by atoms with Gasteiger partial charge in [-0.3, -0.25) is 4.79 Å². The number of likely N-dealkylation sites (N-methyl/N-ethyl adjacent to an activating group) is 1. The molecule has 1 aromatic heterocycles. The number of carbonyl (C=O) groups excluding carboxylic acids is 1. The number of nitrogens with zero attached hydrogens (tertiary/aromatic N) is 1. The van der Waals surface area contributed by atoms with Gasteiger partial charge in [-0.2, -0.15) is 0 Å². The summed E-state index contributed by atoms with van der Waals surface area (Å²) in [6.07, 6.45) is 0. The quantitative estimate of drug-likeness (QED) is 0.672. The maximum absolute atomic E-state index is 12.6. The van der Waals surface area contributed by atoms with Crippen LogP contribution < -0.4 is 9.62 Å². The molecule has 0 aliphatic heterocycles. The molecule has 0 saturated heterocycles. The first-order valence-corrected chi connectivity index (χ1v) is 10.6. The topological polar surface area (TPSA) is 66.5 Å². The first-order valence-electron chi connectivity index (χ1n) is 7.96. The molecular weight excluding hydrogens is 392 g/mol. The van der Waals surface area contributed by atoms with Gasteiger partial charge in [-0.25, -0.2) is 13.1 Å². The standard InChI is InChI=1S/C18H17ClN2O3S2/c1-2-21(13-8-4-3-5-9-13)16(22)12-20-26(23,24)18-17(19)14-10-6-7-11-15(14)25-18/h3-11,20H,2,12H2,1H3. The van der Waals surface area contributed by atoms with Gasteiger partial charge in [0, 0.05) is 22.3 Å². The Kier molecular flexibility index (Phi) is 5.62. The molecule has 1 N–H and O–H groups in total. The summed E-state index contributed by atoms with van der Waals surface area (Å²) in [7, 11) is -3.88. The number of anilines is 1. The molecule has 0 aliphatic rings. The van der Waals surface area contributed by atoms with Crippen LogP contribution in [-0.2, 0) is 14.8 Å². The zero-order valence-corrected chi connectivity index (χ0v) is 16.4. The minimum atomic E-state index is -3.88. The molecule has 2 aromatic carbocycles. The van der Waals surface area contributed by atoms with Gasteiger partial charge in [-0.05, 0) is 25.1 Å². The molecule has 3 aromatic rings. The highest BCUT2D eigenvalue weighted by atomic mass is 35.5. The number of rotatable bonds is 6. The number of sulfonamides is 1. The lowest BCUT2D eigenvalue weighted by Gasteiger charge is -2.21. The SMILES string of the molecule is CCN(C(=O)CNS(=O)(=O)c1sc2ccccc2c1Cl)c1ccccc1. The molecule has 0 bridgehead atoms. The van der Waals surface area contributed by atoms with Crippen molar-refractivity contribution in [3.05, 3.63) is 59.6 Å². The van der Waals surface area contributed by atoms with Crippen LogP contribution in [0.25, 0.3) is 10.1 Å². The monoisotopic (exact) mass is 408 g/mol. The van der Waals surface area contributed by atoms with Crippen LogP contribution in [0.2, 0.25) is 5.02 Å². The Morgan fingerprint density at radius 2 is 1.77 bits per heavy atom. The summed E-state index contributed by atoms with van der Waals surface area (Å²) in [5.74, 6) is -0.334. The van der Waals surface area contributed by atoms with E-state index in [0.29, 0.717) is 11.9 Å². The number of halogens is 1. The number of nitrogens with one attached hydrogen (secondary N) is 1. The van der Waals surface area contributed by atoms with Gasteiger partial charge in [-0.15, -0.1) is 11.3 Å². The summed E-state index contributed by atoms with van der Waals surface area (Å²) < 4.78 is 28.4. The van der Waals surface area contributed by atoms with E-state index >= 15 is 0 Å². The maximum atomic E-state index is 12.6. The van der Waals surface area contributed by atoms with Crippen LogP contribution in [-0.4, -0.2) is 27.4 Å². The summed E-state index contributed by atoms with van der Waals surface area (Å²) in [5.41, 5.74) is 0.721. The largest absolute Gasteiger partial charge is 0.312 e. The Labute approximate surface area is 161 Å². The minimum absolute atomic E-state index is 0.0240. The van der Waals surface area contributed by atoms with Gasteiger partial charge in [0.2, 0.25) is 5.91 Å². The second-order valence-electron chi connectivity index (χ2n) is 5.50. The van der Waals surface area contributed by atoms with Crippen LogP contribution in [0.4, 0.5) is 5.69 Å². The van der Waals surface area contributed by atoms with Crippen LogP contribution in [0, 0.1) is 0 Å². The Morgan fingerprint density at radius 1 is 1.12 bits per heavy atom. The van der Waals surface area contributed by atoms with Crippen molar-refractivity contribution in [3.63, 3.8) is 0 Å². The normalized spacial score (nSPS) is 11.6. The summed E-state index contributed by atoms with van der Waals surface area (Å²) in [4.78, 5) is 14.0. The summed E-state index contributed by atoms with van der Waals surface area (Å²) in [6, 6.07) is 16.3. The molecule has 0 unspecified atom stereocenters. The molecule has 0 saturated carbocycles. The van der Waals surface area contributed by atoms with Crippen LogP contribution in [0.3, 0.4) is 0 Å². The van der Waals surface area contributed by atoms with Gasteiger partial charge in [-0.1, -0.05) is 48.0 Å². The van der Waals surface area contributed by atoms with E-state index in [9.17, 15) is 13.2 Å². The van der Waals surface area contributed by atoms with Crippen molar-refractivity contribution < 1.29 is 13.2 Å². The number of fused-ring (bicyclic) bond motifs is 1. The van der Waals surface area contributed by atoms with Gasteiger partial charge in [0.1, 0.15) is 0 Å². The smallest absolute Gasteiger partial charge is 0.252 e. The number of amides is 1. The van der Waals surface area contributed by atoms with Gasteiger partial charge in [0.05, 0.1) is 11.6 Å².